The average Bonchev–Trinajstić information content (AvgIpc) is 3.33. The van der Waals surface area contributed by atoms with E-state index in [4.69, 9.17) is 0 Å². The highest BCUT2D eigenvalue weighted by Crippen LogP contribution is 2.21. The summed E-state index contributed by atoms with van der Waals surface area (Å²) in [5.74, 6) is 0.855. The van der Waals surface area contributed by atoms with Gasteiger partial charge < -0.3 is 4.90 Å². The third kappa shape index (κ3) is 3.38. The molecule has 0 saturated carbocycles. The van der Waals surface area contributed by atoms with E-state index < -0.39 is 0 Å². The molecule has 8 nitrogen and oxygen atoms in total. The molecule has 0 unspecified atom stereocenters. The number of para-hydroxylation sites is 2. The number of carbonyl (C=O) groups is 1. The Labute approximate surface area is 152 Å². The first-order chi connectivity index (χ1) is 12.7. The Morgan fingerprint density at radius 1 is 1.19 bits per heavy atom. The minimum atomic E-state index is -0.323. The smallest absolute Gasteiger partial charge is 0.322 e. The summed E-state index contributed by atoms with van der Waals surface area (Å²) in [6.07, 6.45) is 1.67. The maximum Gasteiger partial charge on any atom is 0.324 e. The van der Waals surface area contributed by atoms with Crippen molar-refractivity contribution in [3.05, 3.63) is 53.7 Å². The Kier molecular flexibility index (Phi) is 4.28. The summed E-state index contributed by atoms with van der Waals surface area (Å²) < 4.78 is 0. The summed E-state index contributed by atoms with van der Waals surface area (Å²) >= 11 is 1.55. The third-order valence-corrected chi connectivity index (χ3v) is 4.58. The number of aromatic nitrogens is 5. The van der Waals surface area contributed by atoms with Crippen molar-refractivity contribution in [2.75, 3.05) is 12.4 Å². The molecule has 0 saturated heterocycles. The van der Waals surface area contributed by atoms with Gasteiger partial charge in [0, 0.05) is 7.05 Å². The molecular formula is C17H15N7OS. The average molecular weight is 365 g/mol. The third-order valence-electron chi connectivity index (χ3n) is 3.70. The first-order valence-electron chi connectivity index (χ1n) is 7.88. The fraction of sp³-hybridized carbons (Fsp3) is 0.118. The zero-order valence-corrected chi connectivity index (χ0v) is 14.7. The molecular weight excluding hydrogens is 350 g/mol. The molecule has 0 spiro atoms. The summed E-state index contributed by atoms with van der Waals surface area (Å²) in [4.78, 5) is 28.0. The van der Waals surface area contributed by atoms with Crippen molar-refractivity contribution in [3.63, 3.8) is 0 Å². The van der Waals surface area contributed by atoms with E-state index in [1.807, 2.05) is 41.8 Å². The maximum atomic E-state index is 12.4. The second kappa shape index (κ2) is 6.89. The van der Waals surface area contributed by atoms with E-state index in [2.05, 4.69) is 30.5 Å². The number of nitrogens with one attached hydrogen (secondary N) is 2. The van der Waals surface area contributed by atoms with Gasteiger partial charge in [0.25, 0.3) is 5.95 Å². The van der Waals surface area contributed by atoms with Gasteiger partial charge in [-0.05, 0) is 23.6 Å². The minimum Gasteiger partial charge on any atom is -0.322 e. The molecule has 4 rings (SSSR count). The van der Waals surface area contributed by atoms with Gasteiger partial charge in [-0.2, -0.15) is 4.98 Å². The molecule has 0 bridgehead atoms. The van der Waals surface area contributed by atoms with Crippen LogP contribution in [0.2, 0.25) is 0 Å². The predicted octanol–water partition coefficient (Wildman–Crippen LogP) is 3.14. The van der Waals surface area contributed by atoms with Gasteiger partial charge in [0.1, 0.15) is 0 Å². The fourth-order valence-corrected chi connectivity index (χ4v) is 3.08. The van der Waals surface area contributed by atoms with Crippen LogP contribution in [0.5, 0.6) is 0 Å². The number of benzene rings is 1. The lowest BCUT2D eigenvalue weighted by Gasteiger charge is -2.16. The standard InChI is InChI=1S/C17H15N7OS/c1-24(10-11-9-18-12-5-2-3-6-13(12)19-11)17(25)21-16-20-15(22-23-16)14-7-4-8-26-14/h2-9H,10H2,1H3,(H2,20,21,22,23,25). The van der Waals surface area contributed by atoms with E-state index in [0.29, 0.717) is 18.1 Å². The van der Waals surface area contributed by atoms with Gasteiger partial charge in [0.2, 0.25) is 0 Å². The van der Waals surface area contributed by atoms with Crippen LogP contribution in [0, 0.1) is 0 Å². The van der Waals surface area contributed by atoms with Crippen molar-refractivity contribution in [3.8, 4) is 10.7 Å². The molecule has 1 aromatic carbocycles. The summed E-state index contributed by atoms with van der Waals surface area (Å²) in [6, 6.07) is 11.2. The van der Waals surface area contributed by atoms with E-state index in [-0.39, 0.29) is 12.0 Å². The van der Waals surface area contributed by atoms with E-state index >= 15 is 0 Å². The first-order valence-corrected chi connectivity index (χ1v) is 8.76. The Bertz CT molecular complexity index is 1040. The molecule has 0 radical (unpaired) electrons. The molecule has 0 aliphatic rings. The SMILES string of the molecule is CN(Cc1cnc2ccccc2n1)C(=O)Nc1n[nH]c(-c2cccs2)n1. The normalized spacial score (nSPS) is 10.8. The Balaban J connectivity index is 1.42. The number of carbonyl (C=O) groups excluding carboxylic acids is 1. The first kappa shape index (κ1) is 16.2. The highest BCUT2D eigenvalue weighted by atomic mass is 32.1. The number of nitrogens with zero attached hydrogens (tertiary/aromatic N) is 5. The lowest BCUT2D eigenvalue weighted by Crippen LogP contribution is -2.31. The molecule has 3 heterocycles. The molecule has 2 N–H and O–H groups in total. The summed E-state index contributed by atoms with van der Waals surface area (Å²) in [5, 5.41) is 11.5. The van der Waals surface area contributed by atoms with Crippen LogP contribution in [-0.4, -0.2) is 43.1 Å². The van der Waals surface area contributed by atoms with E-state index in [1.54, 1.807) is 24.6 Å². The topological polar surface area (TPSA) is 99.7 Å². The van der Waals surface area contributed by atoms with Gasteiger partial charge in [-0.15, -0.1) is 16.4 Å². The zero-order chi connectivity index (χ0) is 17.9. The lowest BCUT2D eigenvalue weighted by molar-refractivity contribution is 0.220. The quantitative estimate of drug-likeness (QED) is 0.579. The molecule has 2 amide bonds. The number of anilines is 1. The second-order valence-corrected chi connectivity index (χ2v) is 6.57. The molecule has 0 aliphatic carbocycles. The van der Waals surface area contributed by atoms with Crippen molar-refractivity contribution in [2.45, 2.75) is 6.54 Å². The molecule has 3 aromatic heterocycles. The van der Waals surface area contributed by atoms with Crippen LogP contribution in [-0.2, 0) is 6.54 Å². The van der Waals surface area contributed by atoms with Crippen LogP contribution in [0.3, 0.4) is 0 Å². The van der Waals surface area contributed by atoms with Gasteiger partial charge in [-0.25, -0.2) is 9.78 Å². The maximum absolute atomic E-state index is 12.4. The minimum absolute atomic E-state index is 0.231. The number of fused-ring (bicyclic) bond motifs is 1. The number of hydrogen-bond acceptors (Lipinski definition) is 6. The van der Waals surface area contributed by atoms with E-state index in [9.17, 15) is 4.79 Å². The Hall–Kier alpha value is -3.33. The highest BCUT2D eigenvalue weighted by molar-refractivity contribution is 7.13. The van der Waals surface area contributed by atoms with Gasteiger partial charge in [-0.3, -0.25) is 15.4 Å². The van der Waals surface area contributed by atoms with Crippen LogP contribution in [0.25, 0.3) is 21.7 Å². The van der Waals surface area contributed by atoms with Crippen LogP contribution in [0.15, 0.2) is 48.0 Å². The largest absolute Gasteiger partial charge is 0.324 e. The predicted molar refractivity (Wildman–Crippen MR) is 99.7 cm³/mol. The number of urea groups is 1. The van der Waals surface area contributed by atoms with Crippen molar-refractivity contribution in [2.24, 2.45) is 0 Å². The molecule has 130 valence electrons. The summed E-state index contributed by atoms with van der Waals surface area (Å²) in [7, 11) is 1.68. The van der Waals surface area contributed by atoms with Crippen LogP contribution < -0.4 is 5.32 Å². The number of aromatic amines is 1. The van der Waals surface area contributed by atoms with Gasteiger partial charge in [0.05, 0.1) is 34.3 Å². The number of thiophene rings is 1. The van der Waals surface area contributed by atoms with Gasteiger partial charge in [-0.1, -0.05) is 18.2 Å². The van der Waals surface area contributed by atoms with Crippen LogP contribution in [0.4, 0.5) is 10.7 Å². The molecule has 4 aromatic rings. The number of rotatable bonds is 4. The Morgan fingerprint density at radius 3 is 2.85 bits per heavy atom. The Morgan fingerprint density at radius 2 is 2.04 bits per heavy atom. The lowest BCUT2D eigenvalue weighted by atomic mass is 10.3. The van der Waals surface area contributed by atoms with Crippen molar-refractivity contribution >= 4 is 34.3 Å². The van der Waals surface area contributed by atoms with Gasteiger partial charge in [0.15, 0.2) is 5.82 Å². The molecule has 0 atom stereocenters. The number of H-pyrrole nitrogens is 1. The van der Waals surface area contributed by atoms with Crippen molar-refractivity contribution < 1.29 is 4.79 Å². The highest BCUT2D eigenvalue weighted by Gasteiger charge is 2.14. The summed E-state index contributed by atoms with van der Waals surface area (Å²) in [5.41, 5.74) is 2.33. The van der Waals surface area contributed by atoms with E-state index in [0.717, 1.165) is 15.9 Å². The van der Waals surface area contributed by atoms with Crippen molar-refractivity contribution in [1.82, 2.24) is 30.0 Å². The molecule has 0 aliphatic heterocycles. The monoisotopic (exact) mass is 365 g/mol. The van der Waals surface area contributed by atoms with Crippen LogP contribution in [0.1, 0.15) is 5.69 Å². The molecule has 0 fully saturated rings. The second-order valence-electron chi connectivity index (χ2n) is 5.62. The van der Waals surface area contributed by atoms with E-state index in [1.165, 1.54) is 4.90 Å². The molecule has 26 heavy (non-hydrogen) atoms. The van der Waals surface area contributed by atoms with Crippen molar-refractivity contribution in [1.29, 1.82) is 0 Å². The molecule has 9 heteroatoms. The summed E-state index contributed by atoms with van der Waals surface area (Å²) in [6.45, 7) is 0.325. The number of hydrogen-bond donors (Lipinski definition) is 2. The van der Waals surface area contributed by atoms with Gasteiger partial charge >= 0.3 is 6.03 Å². The van der Waals surface area contributed by atoms with Crippen LogP contribution >= 0.6 is 11.3 Å². The fourth-order valence-electron chi connectivity index (χ4n) is 2.42. The zero-order valence-electron chi connectivity index (χ0n) is 13.9. The number of amides is 2.